The molecule has 143 valence electrons. The molecule has 29 heavy (non-hydrogen) atoms. The van der Waals surface area contributed by atoms with Crippen LogP contribution in [0.3, 0.4) is 0 Å². The average Bonchev–Trinajstić information content (AvgIpc) is 2.77. The molecule has 1 radical (unpaired) electrons. The molecule has 1 nitrogen and oxygen atoms in total. The normalized spacial score (nSPS) is 10.2. The fourth-order valence-electron chi connectivity index (χ4n) is 3.13. The van der Waals surface area contributed by atoms with Crippen LogP contribution in [0.4, 0.5) is 17.1 Å². The van der Waals surface area contributed by atoms with E-state index in [1.54, 1.807) is 0 Å². The summed E-state index contributed by atoms with van der Waals surface area (Å²) in [7, 11) is -0.530. The molecule has 0 N–H and O–H groups in total. The highest BCUT2D eigenvalue weighted by molar-refractivity contribution is 6.67. The lowest BCUT2D eigenvalue weighted by Crippen LogP contribution is -2.10. The molecule has 0 fully saturated rings. The van der Waals surface area contributed by atoms with E-state index in [9.17, 15) is 0 Å². The molecule has 0 bridgehead atoms. The molecule has 2 heteroatoms. The van der Waals surface area contributed by atoms with E-state index >= 15 is 0 Å². The predicted octanol–water partition coefficient (Wildman–Crippen LogP) is 6.87. The minimum Gasteiger partial charge on any atom is -0.311 e. The number of anilines is 3. The number of terminal acetylenes is 1. The molecule has 3 aromatic rings. The smallest absolute Gasteiger partial charge is 0.144 e. The summed E-state index contributed by atoms with van der Waals surface area (Å²) in [6.45, 7) is 6.58. The van der Waals surface area contributed by atoms with Gasteiger partial charge in [0.25, 0.3) is 0 Å². The molecule has 0 amide bonds. The van der Waals surface area contributed by atoms with Crippen molar-refractivity contribution in [2.75, 3.05) is 4.90 Å². The highest BCUT2D eigenvalue weighted by Gasteiger charge is 2.12. The van der Waals surface area contributed by atoms with Crippen molar-refractivity contribution in [2.45, 2.75) is 32.9 Å². The zero-order valence-corrected chi connectivity index (χ0v) is 18.4. The van der Waals surface area contributed by atoms with Gasteiger partial charge in [-0.25, -0.2) is 0 Å². The second-order valence-corrected chi connectivity index (χ2v) is 9.84. The summed E-state index contributed by atoms with van der Waals surface area (Å²) >= 11 is 0. The van der Waals surface area contributed by atoms with Gasteiger partial charge in [0.15, 0.2) is 0 Å². The molecule has 0 aliphatic rings. The molecule has 0 unspecified atom stereocenters. The van der Waals surface area contributed by atoms with Crippen LogP contribution in [0, 0.1) is 30.7 Å². The van der Waals surface area contributed by atoms with Gasteiger partial charge in [0.1, 0.15) is 8.80 Å². The van der Waals surface area contributed by atoms with Gasteiger partial charge in [-0.3, -0.25) is 0 Å². The molecule has 0 saturated carbocycles. The van der Waals surface area contributed by atoms with E-state index in [-0.39, 0.29) is 0 Å². The van der Waals surface area contributed by atoms with Crippen LogP contribution in [-0.2, 0) is 0 Å². The Balaban J connectivity index is 1.97. The van der Waals surface area contributed by atoms with Crippen LogP contribution in [0.5, 0.6) is 0 Å². The highest BCUT2D eigenvalue weighted by atomic mass is 28.3. The molecule has 0 atom stereocenters. The monoisotopic (exact) mass is 392 g/mol. The maximum Gasteiger partial charge on any atom is 0.144 e. The van der Waals surface area contributed by atoms with E-state index < -0.39 is 8.80 Å². The maximum atomic E-state index is 5.53. The van der Waals surface area contributed by atoms with Gasteiger partial charge in [0, 0.05) is 28.2 Å². The number of benzene rings is 3. The van der Waals surface area contributed by atoms with Crippen molar-refractivity contribution in [3.05, 3.63) is 89.5 Å². The number of aryl methyl sites for hydroxylation is 1. The molecule has 3 rings (SSSR count). The molecular weight excluding hydrogens is 366 g/mol. The second-order valence-electron chi connectivity index (χ2n) is 6.97. The van der Waals surface area contributed by atoms with Crippen LogP contribution in [-0.4, -0.2) is 8.80 Å². The van der Waals surface area contributed by atoms with Crippen LogP contribution in [0.15, 0.2) is 72.8 Å². The third-order valence-electron chi connectivity index (χ3n) is 4.95. The molecule has 0 aromatic heterocycles. The SMILES string of the molecule is C#Cc1ccc(N(c2ccc(C)cc2)c2ccc(C#C[Si](CC)CC)cc2)cc1. The van der Waals surface area contributed by atoms with Gasteiger partial charge in [0.2, 0.25) is 0 Å². The summed E-state index contributed by atoms with van der Waals surface area (Å²) in [6, 6.07) is 27.6. The van der Waals surface area contributed by atoms with Crippen molar-refractivity contribution < 1.29 is 0 Å². The van der Waals surface area contributed by atoms with Crippen molar-refractivity contribution in [1.82, 2.24) is 0 Å². The largest absolute Gasteiger partial charge is 0.311 e. The minimum atomic E-state index is -0.530. The Morgan fingerprint density at radius 2 is 1.17 bits per heavy atom. The summed E-state index contributed by atoms with van der Waals surface area (Å²) in [5.74, 6) is 6.06. The minimum absolute atomic E-state index is 0.530. The van der Waals surface area contributed by atoms with E-state index in [1.165, 1.54) is 17.7 Å². The fraction of sp³-hybridized carbons (Fsp3) is 0.185. The first-order chi connectivity index (χ1) is 14.1. The standard InChI is InChI=1S/C27H26NSi/c1-5-23-10-16-26(17-11-23)28(25-14-8-22(4)9-15-25)27-18-12-24(13-19-27)20-21-29(6-2)7-3/h1,8-19H,6-7H2,2-4H3. The first kappa shape index (κ1) is 20.5. The van der Waals surface area contributed by atoms with Gasteiger partial charge in [-0.1, -0.05) is 55.5 Å². The van der Waals surface area contributed by atoms with Crippen LogP contribution in [0.25, 0.3) is 0 Å². The third-order valence-corrected chi connectivity index (χ3v) is 7.13. The number of hydrogen-bond donors (Lipinski definition) is 0. The van der Waals surface area contributed by atoms with Crippen LogP contribution in [0.1, 0.15) is 30.5 Å². The summed E-state index contributed by atoms with van der Waals surface area (Å²) in [6.07, 6.45) is 5.53. The quantitative estimate of drug-likeness (QED) is 0.338. The summed E-state index contributed by atoms with van der Waals surface area (Å²) in [4.78, 5) is 2.24. The van der Waals surface area contributed by atoms with Gasteiger partial charge in [-0.2, -0.15) is 0 Å². The first-order valence-electron chi connectivity index (χ1n) is 10.0. The van der Waals surface area contributed by atoms with E-state index in [2.05, 4.69) is 104 Å². The molecule has 0 aliphatic carbocycles. The molecule has 0 aliphatic heterocycles. The van der Waals surface area contributed by atoms with Crippen LogP contribution >= 0.6 is 0 Å². The Morgan fingerprint density at radius 1 is 0.724 bits per heavy atom. The predicted molar refractivity (Wildman–Crippen MR) is 127 cm³/mol. The number of rotatable bonds is 5. The van der Waals surface area contributed by atoms with Gasteiger partial charge < -0.3 is 4.90 Å². The van der Waals surface area contributed by atoms with E-state index in [1.807, 2.05) is 12.1 Å². The average molecular weight is 393 g/mol. The van der Waals surface area contributed by atoms with Gasteiger partial charge in [-0.05, 0) is 67.6 Å². The van der Waals surface area contributed by atoms with E-state index in [4.69, 9.17) is 6.42 Å². The molecule has 0 spiro atoms. The van der Waals surface area contributed by atoms with Crippen molar-refractivity contribution >= 4 is 25.9 Å². The van der Waals surface area contributed by atoms with Gasteiger partial charge in [0.05, 0.1) is 0 Å². The number of hydrogen-bond acceptors (Lipinski definition) is 1. The van der Waals surface area contributed by atoms with Crippen LogP contribution < -0.4 is 4.90 Å². The molecule has 0 saturated heterocycles. The Bertz CT molecular complexity index is 1030. The Labute approximate surface area is 177 Å². The number of nitrogens with zero attached hydrogens (tertiary/aromatic N) is 1. The Kier molecular flexibility index (Phi) is 6.96. The third kappa shape index (κ3) is 5.20. The molecular formula is C27H26NSi. The first-order valence-corrected chi connectivity index (χ1v) is 12.0. The lowest BCUT2D eigenvalue weighted by molar-refractivity contribution is 1.27. The zero-order valence-electron chi connectivity index (χ0n) is 17.4. The summed E-state index contributed by atoms with van der Waals surface area (Å²) < 4.78 is 0. The lowest BCUT2D eigenvalue weighted by atomic mass is 10.1. The van der Waals surface area contributed by atoms with E-state index in [0.29, 0.717) is 0 Å². The van der Waals surface area contributed by atoms with Crippen LogP contribution in [0.2, 0.25) is 12.1 Å². The zero-order chi connectivity index (χ0) is 20.6. The Hall–Kier alpha value is -3.20. The second kappa shape index (κ2) is 9.83. The lowest BCUT2D eigenvalue weighted by Gasteiger charge is -2.25. The summed E-state index contributed by atoms with van der Waals surface area (Å²) in [5, 5.41) is 0. The van der Waals surface area contributed by atoms with Crippen molar-refractivity contribution in [3.8, 4) is 23.8 Å². The maximum absolute atomic E-state index is 5.53. The molecule has 3 aromatic carbocycles. The fourth-order valence-corrected chi connectivity index (χ4v) is 4.30. The van der Waals surface area contributed by atoms with Gasteiger partial charge >= 0.3 is 0 Å². The Morgan fingerprint density at radius 3 is 1.62 bits per heavy atom. The summed E-state index contributed by atoms with van der Waals surface area (Å²) in [5.41, 5.74) is 9.98. The van der Waals surface area contributed by atoms with Crippen molar-refractivity contribution in [3.63, 3.8) is 0 Å². The van der Waals surface area contributed by atoms with Crippen molar-refractivity contribution in [1.29, 1.82) is 0 Å². The van der Waals surface area contributed by atoms with Crippen molar-refractivity contribution in [2.24, 2.45) is 0 Å². The van der Waals surface area contributed by atoms with Gasteiger partial charge in [-0.15, -0.1) is 12.0 Å². The topological polar surface area (TPSA) is 3.24 Å². The molecule has 0 heterocycles. The highest BCUT2D eigenvalue weighted by Crippen LogP contribution is 2.34. The van der Waals surface area contributed by atoms with E-state index in [0.717, 1.165) is 28.2 Å².